The van der Waals surface area contributed by atoms with E-state index in [1.165, 1.54) is 106 Å². The number of para-hydroxylation sites is 1. The summed E-state index contributed by atoms with van der Waals surface area (Å²) in [5, 5.41) is 0. The van der Waals surface area contributed by atoms with Crippen molar-refractivity contribution < 1.29 is 0 Å². The Hall–Kier alpha value is -5.73. The molecule has 0 amide bonds. The van der Waals surface area contributed by atoms with E-state index in [0.717, 1.165) is 0 Å². The monoisotopic (exact) mass is 748 g/mol. The highest BCUT2D eigenvalue weighted by atomic mass is 15.2. The number of rotatable bonds is 2. The van der Waals surface area contributed by atoms with Crippen LogP contribution in [0.15, 0.2) is 140 Å². The van der Waals surface area contributed by atoms with Crippen LogP contribution < -0.4 is 42.6 Å². The lowest BCUT2D eigenvalue weighted by molar-refractivity contribution is 0.590. The van der Waals surface area contributed by atoms with Crippen LogP contribution in [0.1, 0.15) is 79.0 Å². The fourth-order valence-electron chi connectivity index (χ4n) is 10.9. The summed E-state index contributed by atoms with van der Waals surface area (Å²) in [6, 6.07) is 53.8. The Morgan fingerprint density at radius 2 is 0.914 bits per heavy atom. The molecule has 7 aromatic carbocycles. The van der Waals surface area contributed by atoms with E-state index in [2.05, 4.69) is 212 Å². The minimum absolute atomic E-state index is 0.0439. The second kappa shape index (κ2) is 11.9. The van der Waals surface area contributed by atoms with Gasteiger partial charge >= 0.3 is 0 Å². The molecule has 0 atom stereocenters. The summed E-state index contributed by atoms with van der Waals surface area (Å²) in [6.07, 6.45) is 0. The van der Waals surface area contributed by atoms with Gasteiger partial charge in [-0.2, -0.15) is 0 Å². The Bertz CT molecular complexity index is 2850. The lowest BCUT2D eigenvalue weighted by Gasteiger charge is -2.45. The SMILES string of the molecule is CC(C)(C)c1ccc(N2c3cccc4c3B(c3ccc(C(C)(C)C)cc3-4)c3cc4c(c(C(C)(C)C)c32)B2c3ccccc3-c3cccc(c32)N4c2ccccc2)cc1. The van der Waals surface area contributed by atoms with Crippen molar-refractivity contribution in [1.29, 1.82) is 0 Å². The largest absolute Gasteiger partial charge is 0.312 e. The average molecular weight is 749 g/mol. The molecule has 4 aliphatic heterocycles. The zero-order chi connectivity index (χ0) is 40.0. The third kappa shape index (κ3) is 4.87. The van der Waals surface area contributed by atoms with Crippen LogP contribution in [0, 0.1) is 0 Å². The van der Waals surface area contributed by atoms with Crippen molar-refractivity contribution in [2.24, 2.45) is 0 Å². The van der Waals surface area contributed by atoms with Gasteiger partial charge in [-0.1, -0.05) is 170 Å². The molecule has 0 saturated carbocycles. The highest BCUT2D eigenvalue weighted by Gasteiger charge is 2.50. The Morgan fingerprint density at radius 3 is 1.59 bits per heavy atom. The van der Waals surface area contributed by atoms with E-state index in [1.54, 1.807) is 0 Å². The van der Waals surface area contributed by atoms with E-state index in [9.17, 15) is 0 Å². The van der Waals surface area contributed by atoms with Gasteiger partial charge in [0.2, 0.25) is 13.4 Å². The average Bonchev–Trinajstić information content (AvgIpc) is 3.71. The van der Waals surface area contributed by atoms with Gasteiger partial charge in [-0.3, -0.25) is 0 Å². The third-order valence-corrected chi connectivity index (χ3v) is 13.5. The molecule has 7 aromatic rings. The number of hydrogen-bond donors (Lipinski definition) is 0. The number of anilines is 6. The van der Waals surface area contributed by atoms with Gasteiger partial charge in [-0.15, -0.1) is 0 Å². The first-order valence-electron chi connectivity index (χ1n) is 21.2. The molecular weight excluding hydrogens is 698 g/mol. The van der Waals surface area contributed by atoms with Gasteiger partial charge in [0.25, 0.3) is 0 Å². The second-order valence-electron chi connectivity index (χ2n) is 20.2. The van der Waals surface area contributed by atoms with Crippen molar-refractivity contribution in [2.75, 3.05) is 9.80 Å². The van der Waals surface area contributed by atoms with Crippen LogP contribution in [0.3, 0.4) is 0 Å². The minimum Gasteiger partial charge on any atom is -0.312 e. The van der Waals surface area contributed by atoms with E-state index in [4.69, 9.17) is 0 Å². The molecular formula is C54H50B2N2. The molecule has 4 aliphatic rings. The Labute approximate surface area is 345 Å². The molecule has 0 saturated heterocycles. The summed E-state index contributed by atoms with van der Waals surface area (Å²) in [4.78, 5) is 5.25. The van der Waals surface area contributed by atoms with Crippen molar-refractivity contribution in [3.63, 3.8) is 0 Å². The number of nitrogens with zero attached hydrogens (tertiary/aromatic N) is 2. The lowest BCUT2D eigenvalue weighted by Crippen LogP contribution is -2.61. The van der Waals surface area contributed by atoms with E-state index in [1.807, 2.05) is 0 Å². The van der Waals surface area contributed by atoms with Crippen LogP contribution in [0.5, 0.6) is 0 Å². The molecule has 0 fully saturated rings. The van der Waals surface area contributed by atoms with E-state index in [-0.39, 0.29) is 29.7 Å². The maximum absolute atomic E-state index is 2.66. The van der Waals surface area contributed by atoms with Crippen molar-refractivity contribution in [3.8, 4) is 22.3 Å². The van der Waals surface area contributed by atoms with Crippen molar-refractivity contribution in [2.45, 2.75) is 78.6 Å². The standard InChI is InChI=1S/C54H50B2N2/c1-52(2,3)33-25-28-36(29-26-33)58-45-24-16-21-39-40-31-34(53(4,5)6)27-30-42(40)55(48(39)45)43-32-46-50(47(51(43)58)54(7,8)9)56-41-22-14-13-19-37(41)38-20-15-23-44(49(38)56)57(46)35-17-11-10-12-18-35/h10-32H,1-9H3. The summed E-state index contributed by atoms with van der Waals surface area (Å²) in [5.74, 6) is 0. The molecule has 282 valence electrons. The van der Waals surface area contributed by atoms with Gasteiger partial charge < -0.3 is 9.80 Å². The van der Waals surface area contributed by atoms with Gasteiger partial charge in [-0.05, 0) is 120 Å². The van der Waals surface area contributed by atoms with Gasteiger partial charge in [0, 0.05) is 34.1 Å². The Balaban J connectivity index is 1.30. The fourth-order valence-corrected chi connectivity index (χ4v) is 10.9. The first-order valence-corrected chi connectivity index (χ1v) is 21.2. The van der Waals surface area contributed by atoms with Crippen LogP contribution in [0.2, 0.25) is 0 Å². The zero-order valence-electron chi connectivity index (χ0n) is 35.3. The molecule has 11 rings (SSSR count). The molecule has 0 unspecified atom stereocenters. The van der Waals surface area contributed by atoms with Crippen LogP contribution in [-0.2, 0) is 16.2 Å². The van der Waals surface area contributed by atoms with E-state index in [0.29, 0.717) is 0 Å². The molecule has 0 bridgehead atoms. The van der Waals surface area contributed by atoms with Gasteiger partial charge in [-0.25, -0.2) is 0 Å². The number of hydrogen-bond acceptors (Lipinski definition) is 2. The molecule has 0 aliphatic carbocycles. The number of fused-ring (bicyclic) bond motifs is 10. The molecule has 0 spiro atoms. The van der Waals surface area contributed by atoms with Crippen LogP contribution >= 0.6 is 0 Å². The van der Waals surface area contributed by atoms with Gasteiger partial charge in [0.1, 0.15) is 0 Å². The first kappa shape index (κ1) is 35.4. The lowest BCUT2D eigenvalue weighted by atomic mass is 9.33. The normalized spacial score (nSPS) is 14.5. The quantitative estimate of drug-likeness (QED) is 0.163. The highest BCUT2D eigenvalue weighted by Crippen LogP contribution is 2.49. The maximum atomic E-state index is 2.66. The van der Waals surface area contributed by atoms with Gasteiger partial charge in [0.15, 0.2) is 0 Å². The summed E-state index contributed by atoms with van der Waals surface area (Å²) in [6.45, 7) is 21.5. The smallest absolute Gasteiger partial charge is 0.248 e. The van der Waals surface area contributed by atoms with E-state index >= 15 is 0 Å². The number of benzene rings is 7. The minimum atomic E-state index is -0.210. The van der Waals surface area contributed by atoms with Crippen LogP contribution in [0.4, 0.5) is 34.1 Å². The highest BCUT2D eigenvalue weighted by molar-refractivity contribution is 7.03. The van der Waals surface area contributed by atoms with Gasteiger partial charge in [0.05, 0.1) is 0 Å². The summed E-state index contributed by atoms with van der Waals surface area (Å²) >= 11 is 0. The van der Waals surface area contributed by atoms with Crippen molar-refractivity contribution in [1.82, 2.24) is 0 Å². The van der Waals surface area contributed by atoms with Crippen LogP contribution in [0.25, 0.3) is 22.3 Å². The fraction of sp³-hybridized carbons (Fsp3) is 0.222. The molecule has 0 aromatic heterocycles. The maximum Gasteiger partial charge on any atom is 0.248 e. The molecule has 2 nitrogen and oxygen atoms in total. The second-order valence-corrected chi connectivity index (χ2v) is 20.2. The molecule has 0 radical (unpaired) electrons. The first-order chi connectivity index (χ1) is 27.7. The Morgan fingerprint density at radius 1 is 0.362 bits per heavy atom. The molecule has 4 heterocycles. The molecule has 4 heteroatoms. The summed E-state index contributed by atoms with van der Waals surface area (Å²) in [5.41, 5.74) is 25.6. The van der Waals surface area contributed by atoms with E-state index < -0.39 is 0 Å². The summed E-state index contributed by atoms with van der Waals surface area (Å²) < 4.78 is 0. The predicted molar refractivity (Wildman–Crippen MR) is 252 cm³/mol. The van der Waals surface area contributed by atoms with Crippen molar-refractivity contribution in [3.05, 3.63) is 156 Å². The zero-order valence-corrected chi connectivity index (χ0v) is 35.3. The Kier molecular flexibility index (Phi) is 7.28. The topological polar surface area (TPSA) is 6.48 Å². The van der Waals surface area contributed by atoms with Crippen molar-refractivity contribution >= 4 is 80.3 Å². The third-order valence-electron chi connectivity index (χ3n) is 13.5. The molecule has 0 N–H and O–H groups in total. The molecule has 58 heavy (non-hydrogen) atoms. The predicted octanol–water partition coefficient (Wildman–Crippen LogP) is 10.1. The summed E-state index contributed by atoms with van der Waals surface area (Å²) in [7, 11) is 0. The van der Waals surface area contributed by atoms with Crippen LogP contribution in [-0.4, -0.2) is 13.4 Å².